The maximum atomic E-state index is 3.66. The van der Waals surface area contributed by atoms with E-state index in [0.29, 0.717) is 0 Å². The van der Waals surface area contributed by atoms with Crippen LogP contribution in [-0.2, 0) is 5.41 Å². The second-order valence-corrected chi connectivity index (χ2v) is 8.22. The number of nitrogens with one attached hydrogen (secondary N) is 1. The summed E-state index contributed by atoms with van der Waals surface area (Å²) in [5.74, 6) is 2.33. The first-order chi connectivity index (χ1) is 9.88. The zero-order valence-electron chi connectivity index (χ0n) is 14.6. The van der Waals surface area contributed by atoms with E-state index in [1.807, 2.05) is 0 Å². The third-order valence-corrected chi connectivity index (χ3v) is 4.82. The molecular weight excluding hydrogens is 254 g/mol. The monoisotopic (exact) mass is 287 g/mol. The number of benzene rings is 1. The molecule has 1 aliphatic rings. The number of hydrogen-bond donors (Lipinski definition) is 1. The Morgan fingerprint density at radius 2 is 1.76 bits per heavy atom. The topological polar surface area (TPSA) is 12.0 Å². The largest absolute Gasteiger partial charge is 0.316 e. The van der Waals surface area contributed by atoms with Gasteiger partial charge in [0, 0.05) is 0 Å². The highest BCUT2D eigenvalue weighted by atomic mass is 14.9. The molecule has 0 saturated heterocycles. The molecule has 1 N–H and O–H groups in total. The lowest BCUT2D eigenvalue weighted by molar-refractivity contribution is 0.425. The fourth-order valence-electron chi connectivity index (χ4n) is 3.51. The quantitative estimate of drug-likeness (QED) is 0.793. The van der Waals surface area contributed by atoms with Crippen molar-refractivity contribution in [2.45, 2.75) is 65.2 Å². The first-order valence-electron chi connectivity index (χ1n) is 8.69. The van der Waals surface area contributed by atoms with Gasteiger partial charge < -0.3 is 5.32 Å². The average molecular weight is 287 g/mol. The van der Waals surface area contributed by atoms with Crippen molar-refractivity contribution in [3.8, 4) is 0 Å². The highest BCUT2D eigenvalue weighted by Crippen LogP contribution is 2.39. The van der Waals surface area contributed by atoms with Gasteiger partial charge >= 0.3 is 0 Å². The van der Waals surface area contributed by atoms with Gasteiger partial charge in [-0.1, -0.05) is 65.3 Å². The minimum atomic E-state index is 0.256. The fraction of sp³-hybridized carbons (Fsp3) is 0.700. The molecule has 2 atom stereocenters. The summed E-state index contributed by atoms with van der Waals surface area (Å²) in [6.45, 7) is 13.8. The summed E-state index contributed by atoms with van der Waals surface area (Å²) in [5.41, 5.74) is 3.25. The molecule has 0 aromatic heterocycles. The fourth-order valence-corrected chi connectivity index (χ4v) is 3.51. The molecule has 1 nitrogen and oxygen atoms in total. The van der Waals surface area contributed by atoms with E-state index in [0.717, 1.165) is 24.3 Å². The van der Waals surface area contributed by atoms with E-state index in [9.17, 15) is 0 Å². The second-order valence-electron chi connectivity index (χ2n) is 8.22. The molecule has 0 heterocycles. The molecule has 1 aromatic rings. The lowest BCUT2D eigenvalue weighted by atomic mass is 9.83. The standard InChI is InChI=1S/C20H33N/c1-15(2)13-21-14-17-7-6-8-19(17)16-9-11-18(12-10-16)20(3,4)5/h9-12,15,17,19,21H,6-8,13-14H2,1-5H3. The molecule has 0 radical (unpaired) electrons. The maximum Gasteiger partial charge on any atom is -0.00146 e. The van der Waals surface area contributed by atoms with Crippen molar-refractivity contribution in [1.82, 2.24) is 5.32 Å². The van der Waals surface area contributed by atoms with Crippen LogP contribution in [0.25, 0.3) is 0 Å². The van der Waals surface area contributed by atoms with Crippen LogP contribution in [0, 0.1) is 11.8 Å². The van der Waals surface area contributed by atoms with Crippen LogP contribution in [0.4, 0.5) is 0 Å². The van der Waals surface area contributed by atoms with Gasteiger partial charge in [-0.25, -0.2) is 0 Å². The van der Waals surface area contributed by atoms with E-state index < -0.39 is 0 Å². The van der Waals surface area contributed by atoms with Crippen molar-refractivity contribution in [2.24, 2.45) is 11.8 Å². The molecule has 21 heavy (non-hydrogen) atoms. The molecule has 0 amide bonds. The Bertz CT molecular complexity index is 424. The molecule has 1 saturated carbocycles. The van der Waals surface area contributed by atoms with Crippen LogP contribution in [0.1, 0.15) is 70.9 Å². The van der Waals surface area contributed by atoms with Gasteiger partial charge in [-0.2, -0.15) is 0 Å². The van der Waals surface area contributed by atoms with Gasteiger partial charge in [-0.05, 0) is 60.2 Å². The lowest BCUT2D eigenvalue weighted by Gasteiger charge is -2.23. The summed E-state index contributed by atoms with van der Waals surface area (Å²) in [5, 5.41) is 3.66. The van der Waals surface area contributed by atoms with Gasteiger partial charge in [0.1, 0.15) is 0 Å². The molecule has 0 bridgehead atoms. The molecular formula is C20H33N. The Balaban J connectivity index is 1.99. The van der Waals surface area contributed by atoms with E-state index in [-0.39, 0.29) is 5.41 Å². The minimum absolute atomic E-state index is 0.256. The highest BCUT2D eigenvalue weighted by Gasteiger charge is 2.28. The van der Waals surface area contributed by atoms with Crippen molar-refractivity contribution in [2.75, 3.05) is 13.1 Å². The van der Waals surface area contributed by atoms with Crippen LogP contribution in [0.3, 0.4) is 0 Å². The van der Waals surface area contributed by atoms with Gasteiger partial charge in [0.2, 0.25) is 0 Å². The lowest BCUT2D eigenvalue weighted by Crippen LogP contribution is -2.27. The molecule has 0 aliphatic heterocycles. The molecule has 2 rings (SSSR count). The van der Waals surface area contributed by atoms with Crippen molar-refractivity contribution < 1.29 is 0 Å². The summed E-state index contributed by atoms with van der Waals surface area (Å²) in [6.07, 6.45) is 4.14. The average Bonchev–Trinajstić information content (AvgIpc) is 2.86. The Labute approximate surface area is 131 Å². The molecule has 0 spiro atoms. The number of hydrogen-bond acceptors (Lipinski definition) is 1. The minimum Gasteiger partial charge on any atom is -0.316 e. The van der Waals surface area contributed by atoms with E-state index in [1.54, 1.807) is 5.56 Å². The molecule has 1 fully saturated rings. The zero-order chi connectivity index (χ0) is 15.5. The Hall–Kier alpha value is -0.820. The Kier molecular flexibility index (Phi) is 5.48. The molecule has 1 heteroatoms. The summed E-state index contributed by atoms with van der Waals surface area (Å²) in [4.78, 5) is 0. The predicted octanol–water partition coefficient (Wildman–Crippen LogP) is 5.11. The van der Waals surface area contributed by atoms with Gasteiger partial charge in [-0.15, -0.1) is 0 Å². The van der Waals surface area contributed by atoms with Crippen LogP contribution in [0.15, 0.2) is 24.3 Å². The molecule has 1 aromatic carbocycles. The van der Waals surface area contributed by atoms with E-state index in [1.165, 1.54) is 31.4 Å². The van der Waals surface area contributed by atoms with Crippen LogP contribution in [-0.4, -0.2) is 13.1 Å². The summed E-state index contributed by atoms with van der Waals surface area (Å²) in [6, 6.07) is 9.44. The zero-order valence-corrected chi connectivity index (χ0v) is 14.6. The van der Waals surface area contributed by atoms with Crippen LogP contribution in [0.2, 0.25) is 0 Å². The molecule has 118 valence electrons. The highest BCUT2D eigenvalue weighted by molar-refractivity contribution is 5.30. The Morgan fingerprint density at radius 1 is 1.10 bits per heavy atom. The first kappa shape index (κ1) is 16.5. The van der Waals surface area contributed by atoms with Crippen LogP contribution >= 0.6 is 0 Å². The van der Waals surface area contributed by atoms with Gasteiger partial charge in [0.05, 0.1) is 0 Å². The number of rotatable bonds is 5. The van der Waals surface area contributed by atoms with Crippen LogP contribution < -0.4 is 5.32 Å². The van der Waals surface area contributed by atoms with Crippen molar-refractivity contribution in [3.63, 3.8) is 0 Å². The predicted molar refractivity (Wildman–Crippen MR) is 92.9 cm³/mol. The normalized spacial score (nSPS) is 23.0. The van der Waals surface area contributed by atoms with E-state index >= 15 is 0 Å². The molecule has 2 unspecified atom stereocenters. The van der Waals surface area contributed by atoms with E-state index in [2.05, 4.69) is 64.2 Å². The van der Waals surface area contributed by atoms with E-state index in [4.69, 9.17) is 0 Å². The third-order valence-electron chi connectivity index (χ3n) is 4.82. The molecule has 1 aliphatic carbocycles. The summed E-state index contributed by atoms with van der Waals surface area (Å²) >= 11 is 0. The smallest absolute Gasteiger partial charge is 0.00146 e. The second kappa shape index (κ2) is 6.96. The van der Waals surface area contributed by atoms with Gasteiger partial charge in [-0.3, -0.25) is 0 Å². The summed E-state index contributed by atoms with van der Waals surface area (Å²) < 4.78 is 0. The first-order valence-corrected chi connectivity index (χ1v) is 8.69. The third kappa shape index (κ3) is 4.57. The summed E-state index contributed by atoms with van der Waals surface area (Å²) in [7, 11) is 0. The van der Waals surface area contributed by atoms with Gasteiger partial charge in [0.15, 0.2) is 0 Å². The Morgan fingerprint density at radius 3 is 2.33 bits per heavy atom. The SMILES string of the molecule is CC(C)CNCC1CCCC1c1ccc(C(C)(C)C)cc1. The van der Waals surface area contributed by atoms with Crippen LogP contribution in [0.5, 0.6) is 0 Å². The maximum absolute atomic E-state index is 3.66. The van der Waals surface area contributed by atoms with Crippen molar-refractivity contribution >= 4 is 0 Å². The van der Waals surface area contributed by atoms with Crippen molar-refractivity contribution in [3.05, 3.63) is 35.4 Å². The van der Waals surface area contributed by atoms with Gasteiger partial charge in [0.25, 0.3) is 0 Å². The van der Waals surface area contributed by atoms with Crippen molar-refractivity contribution in [1.29, 1.82) is 0 Å².